The first-order valence-electron chi connectivity index (χ1n) is 6.89. The van der Waals surface area contributed by atoms with Gasteiger partial charge in [-0.05, 0) is 29.9 Å². The van der Waals surface area contributed by atoms with Crippen LogP contribution < -0.4 is 5.32 Å². The van der Waals surface area contributed by atoms with E-state index in [9.17, 15) is 8.42 Å². The molecule has 3 unspecified atom stereocenters. The highest BCUT2D eigenvalue weighted by molar-refractivity contribution is 7.92. The highest BCUT2D eigenvalue weighted by Crippen LogP contribution is 2.46. The first-order chi connectivity index (χ1) is 8.84. The van der Waals surface area contributed by atoms with E-state index in [0.717, 1.165) is 0 Å². The van der Waals surface area contributed by atoms with E-state index in [4.69, 9.17) is 0 Å². The summed E-state index contributed by atoms with van der Waals surface area (Å²) < 4.78 is 25.2. The van der Waals surface area contributed by atoms with E-state index < -0.39 is 9.84 Å². The minimum absolute atomic E-state index is 0.0366. The lowest BCUT2D eigenvalue weighted by atomic mass is 9.70. The summed E-state index contributed by atoms with van der Waals surface area (Å²) in [5.41, 5.74) is 2.37. The van der Waals surface area contributed by atoms with Crippen LogP contribution >= 0.6 is 0 Å². The van der Waals surface area contributed by atoms with E-state index in [1.165, 1.54) is 11.1 Å². The molecule has 0 saturated carbocycles. The second-order valence-electron chi connectivity index (χ2n) is 6.50. The Kier molecular flexibility index (Phi) is 2.81. The molecule has 4 heteroatoms. The molecule has 0 amide bonds. The summed E-state index contributed by atoms with van der Waals surface area (Å²) in [7, 11) is -3.04. The van der Waals surface area contributed by atoms with E-state index in [2.05, 4.69) is 31.3 Å². The van der Waals surface area contributed by atoms with E-state index in [1.807, 2.05) is 19.1 Å². The first kappa shape index (κ1) is 13.1. The highest BCUT2D eigenvalue weighted by Gasteiger charge is 2.49. The van der Waals surface area contributed by atoms with Gasteiger partial charge in [0.05, 0.1) is 10.5 Å². The van der Waals surface area contributed by atoms with Crippen LogP contribution in [0, 0.1) is 0 Å². The van der Waals surface area contributed by atoms with Crippen molar-refractivity contribution in [2.24, 2.45) is 0 Å². The third-order valence-corrected chi connectivity index (χ3v) is 7.29. The van der Waals surface area contributed by atoms with Gasteiger partial charge in [-0.15, -0.1) is 0 Å². The van der Waals surface area contributed by atoms with Crippen LogP contribution in [0.5, 0.6) is 0 Å². The normalized spacial score (nSPS) is 35.2. The average molecular weight is 279 g/mol. The van der Waals surface area contributed by atoms with Crippen molar-refractivity contribution < 1.29 is 8.42 Å². The van der Waals surface area contributed by atoms with Gasteiger partial charge < -0.3 is 5.32 Å². The van der Waals surface area contributed by atoms with Crippen LogP contribution in [-0.4, -0.2) is 25.5 Å². The molecule has 1 N–H and O–H groups in total. The maximum atomic E-state index is 12.6. The lowest BCUT2D eigenvalue weighted by Gasteiger charge is -2.46. The molecule has 3 atom stereocenters. The average Bonchev–Trinajstić information content (AvgIpc) is 2.35. The topological polar surface area (TPSA) is 46.2 Å². The Morgan fingerprint density at radius 3 is 2.68 bits per heavy atom. The van der Waals surface area contributed by atoms with Crippen LogP contribution in [0.1, 0.15) is 44.4 Å². The molecule has 1 fully saturated rings. The van der Waals surface area contributed by atoms with E-state index >= 15 is 0 Å². The van der Waals surface area contributed by atoms with Gasteiger partial charge in [0.1, 0.15) is 0 Å². The summed E-state index contributed by atoms with van der Waals surface area (Å²) in [5.74, 6) is 0. The molecule has 104 valence electrons. The SMILES string of the molecule is CC1CNC2c3ccccc3C(C)(C)CC2S1(=O)=O. The van der Waals surface area contributed by atoms with E-state index in [-0.39, 0.29) is 22.0 Å². The van der Waals surface area contributed by atoms with Crippen molar-refractivity contribution in [3.05, 3.63) is 35.4 Å². The maximum absolute atomic E-state index is 12.6. The van der Waals surface area contributed by atoms with Crippen LogP contribution in [0.3, 0.4) is 0 Å². The Balaban J connectivity index is 2.17. The molecular formula is C15H21NO2S. The number of fused-ring (bicyclic) bond motifs is 3. The Labute approximate surface area is 115 Å². The van der Waals surface area contributed by atoms with Gasteiger partial charge in [-0.1, -0.05) is 38.1 Å². The number of benzene rings is 1. The van der Waals surface area contributed by atoms with Gasteiger partial charge in [0.15, 0.2) is 9.84 Å². The molecule has 1 heterocycles. The van der Waals surface area contributed by atoms with Crippen molar-refractivity contribution in [1.29, 1.82) is 0 Å². The van der Waals surface area contributed by atoms with Crippen LogP contribution in [0.15, 0.2) is 24.3 Å². The molecule has 1 aromatic rings. The van der Waals surface area contributed by atoms with Gasteiger partial charge in [0, 0.05) is 12.6 Å². The van der Waals surface area contributed by atoms with Gasteiger partial charge in [-0.3, -0.25) is 0 Å². The Morgan fingerprint density at radius 2 is 1.95 bits per heavy atom. The minimum atomic E-state index is -3.04. The second-order valence-corrected chi connectivity index (χ2v) is 9.09. The van der Waals surface area contributed by atoms with Crippen LogP contribution in [-0.2, 0) is 15.3 Å². The molecule has 0 radical (unpaired) electrons. The van der Waals surface area contributed by atoms with Gasteiger partial charge in [0.2, 0.25) is 0 Å². The third-order valence-electron chi connectivity index (χ3n) is 4.72. The van der Waals surface area contributed by atoms with Gasteiger partial charge in [-0.2, -0.15) is 0 Å². The van der Waals surface area contributed by atoms with Gasteiger partial charge >= 0.3 is 0 Å². The van der Waals surface area contributed by atoms with Crippen molar-refractivity contribution in [3.63, 3.8) is 0 Å². The van der Waals surface area contributed by atoms with Crippen LogP contribution in [0.4, 0.5) is 0 Å². The fourth-order valence-corrected chi connectivity index (χ4v) is 5.77. The Hall–Kier alpha value is -0.870. The van der Waals surface area contributed by atoms with Crippen molar-refractivity contribution in [3.8, 4) is 0 Å². The summed E-state index contributed by atoms with van der Waals surface area (Å²) in [6.07, 6.45) is 0.703. The highest BCUT2D eigenvalue weighted by atomic mass is 32.2. The number of rotatable bonds is 0. The smallest absolute Gasteiger partial charge is 0.158 e. The zero-order valence-electron chi connectivity index (χ0n) is 11.7. The summed E-state index contributed by atoms with van der Waals surface area (Å²) in [5, 5.41) is 2.87. The third kappa shape index (κ3) is 1.84. The largest absolute Gasteiger partial charge is 0.308 e. The molecule has 0 aromatic heterocycles. The Bertz CT molecular complexity index is 606. The van der Waals surface area contributed by atoms with Crippen LogP contribution in [0.25, 0.3) is 0 Å². The summed E-state index contributed by atoms with van der Waals surface area (Å²) in [6.45, 7) is 6.66. The minimum Gasteiger partial charge on any atom is -0.308 e. The fraction of sp³-hybridized carbons (Fsp3) is 0.600. The molecule has 3 nitrogen and oxygen atoms in total. The van der Waals surface area contributed by atoms with E-state index in [0.29, 0.717) is 13.0 Å². The number of nitrogens with one attached hydrogen (secondary N) is 1. The number of hydrogen-bond acceptors (Lipinski definition) is 3. The molecule has 0 spiro atoms. The summed E-state index contributed by atoms with van der Waals surface area (Å²) in [6, 6.07) is 8.22. The summed E-state index contributed by atoms with van der Waals surface area (Å²) >= 11 is 0. The molecule has 1 aliphatic heterocycles. The molecule has 1 saturated heterocycles. The predicted molar refractivity (Wildman–Crippen MR) is 77.0 cm³/mol. The van der Waals surface area contributed by atoms with Crippen molar-refractivity contribution in [2.45, 2.75) is 49.1 Å². The first-order valence-corrected chi connectivity index (χ1v) is 8.50. The Morgan fingerprint density at radius 1 is 1.26 bits per heavy atom. The second kappa shape index (κ2) is 4.06. The molecule has 0 bridgehead atoms. The van der Waals surface area contributed by atoms with Gasteiger partial charge in [-0.25, -0.2) is 8.42 Å². The predicted octanol–water partition coefficient (Wildman–Crippen LogP) is 2.18. The maximum Gasteiger partial charge on any atom is 0.158 e. The quantitative estimate of drug-likeness (QED) is 0.792. The van der Waals surface area contributed by atoms with Crippen molar-refractivity contribution >= 4 is 9.84 Å². The standard InChI is InChI=1S/C15H21NO2S/c1-10-9-16-14-11-6-4-5-7-12(11)15(2,3)8-13(14)19(10,17)18/h4-7,10,13-14,16H,8-9H2,1-3H3. The monoisotopic (exact) mass is 279 g/mol. The van der Waals surface area contributed by atoms with Crippen LogP contribution in [0.2, 0.25) is 0 Å². The fourth-order valence-electron chi connectivity index (χ4n) is 3.57. The molecule has 1 aliphatic carbocycles. The molecule has 2 aliphatic rings. The molecule has 19 heavy (non-hydrogen) atoms. The number of sulfone groups is 1. The van der Waals surface area contributed by atoms with Gasteiger partial charge in [0.25, 0.3) is 0 Å². The van der Waals surface area contributed by atoms with Crippen molar-refractivity contribution in [1.82, 2.24) is 5.32 Å². The lowest BCUT2D eigenvalue weighted by Crippen LogP contribution is -2.55. The molecular weight excluding hydrogens is 258 g/mol. The zero-order valence-corrected chi connectivity index (χ0v) is 12.5. The molecule has 3 rings (SSSR count). The molecule has 1 aromatic carbocycles. The van der Waals surface area contributed by atoms with Crippen molar-refractivity contribution in [2.75, 3.05) is 6.54 Å². The zero-order chi connectivity index (χ0) is 13.8. The summed E-state index contributed by atoms with van der Waals surface area (Å²) in [4.78, 5) is 0. The lowest BCUT2D eigenvalue weighted by molar-refractivity contribution is 0.340. The van der Waals surface area contributed by atoms with E-state index in [1.54, 1.807) is 0 Å². The number of hydrogen-bond donors (Lipinski definition) is 1.